The van der Waals surface area contributed by atoms with E-state index in [1.165, 1.54) is 0 Å². The second-order valence-electron chi connectivity index (χ2n) is 5.02. The molecule has 0 saturated heterocycles. The Balaban J connectivity index is 1.85. The third-order valence-corrected chi connectivity index (χ3v) is 3.54. The molecule has 2 rings (SSSR count). The van der Waals surface area contributed by atoms with Crippen LogP contribution in [0.2, 0.25) is 5.02 Å². The van der Waals surface area contributed by atoms with E-state index in [1.807, 2.05) is 56.3 Å². The number of nitrogens with one attached hydrogen (secondary N) is 2. The molecule has 21 heavy (non-hydrogen) atoms. The predicted octanol–water partition coefficient (Wildman–Crippen LogP) is 4.40. The third kappa shape index (κ3) is 4.50. The smallest absolute Gasteiger partial charge is 0.226 e. The van der Waals surface area contributed by atoms with Gasteiger partial charge in [-0.1, -0.05) is 35.9 Å². The number of benzene rings is 2. The van der Waals surface area contributed by atoms with E-state index in [2.05, 4.69) is 10.6 Å². The van der Waals surface area contributed by atoms with Crippen molar-refractivity contribution in [1.29, 1.82) is 0 Å². The Hall–Kier alpha value is -2.00. The van der Waals surface area contributed by atoms with E-state index in [1.54, 1.807) is 0 Å². The average molecular weight is 303 g/mol. The number of carbonyl (C=O) groups is 1. The summed E-state index contributed by atoms with van der Waals surface area (Å²) in [6.07, 6.45) is 0.388. The van der Waals surface area contributed by atoms with Crippen molar-refractivity contribution >= 4 is 28.9 Å². The van der Waals surface area contributed by atoms with Gasteiger partial charge in [-0.15, -0.1) is 0 Å². The Morgan fingerprint density at radius 3 is 2.62 bits per heavy atom. The first kappa shape index (κ1) is 15.4. The molecule has 0 unspecified atom stereocenters. The Morgan fingerprint density at radius 1 is 1.10 bits per heavy atom. The van der Waals surface area contributed by atoms with Crippen LogP contribution in [0, 0.1) is 13.8 Å². The largest absolute Gasteiger partial charge is 0.383 e. The lowest BCUT2D eigenvalue weighted by molar-refractivity contribution is -0.115. The Kier molecular flexibility index (Phi) is 5.23. The molecule has 0 aromatic heterocycles. The molecular weight excluding hydrogens is 284 g/mol. The number of amides is 1. The van der Waals surface area contributed by atoms with Crippen molar-refractivity contribution in [3.8, 4) is 0 Å². The first-order valence-corrected chi connectivity index (χ1v) is 7.29. The molecule has 4 heteroatoms. The van der Waals surface area contributed by atoms with Gasteiger partial charge in [-0.3, -0.25) is 4.79 Å². The molecule has 0 bridgehead atoms. The van der Waals surface area contributed by atoms with Crippen LogP contribution in [0.15, 0.2) is 42.5 Å². The summed E-state index contributed by atoms with van der Waals surface area (Å²) < 4.78 is 0. The van der Waals surface area contributed by atoms with Crippen molar-refractivity contribution in [2.45, 2.75) is 20.3 Å². The van der Waals surface area contributed by atoms with Crippen molar-refractivity contribution in [3.63, 3.8) is 0 Å². The minimum absolute atomic E-state index is 0.0109. The molecule has 0 fully saturated rings. The van der Waals surface area contributed by atoms with E-state index in [0.717, 1.165) is 22.5 Å². The fourth-order valence-corrected chi connectivity index (χ4v) is 2.20. The summed E-state index contributed by atoms with van der Waals surface area (Å²) in [5.41, 5.74) is 3.91. The minimum Gasteiger partial charge on any atom is -0.383 e. The molecule has 2 N–H and O–H groups in total. The summed E-state index contributed by atoms with van der Waals surface area (Å²) in [4.78, 5) is 12.0. The van der Waals surface area contributed by atoms with Crippen LogP contribution in [0.4, 0.5) is 11.4 Å². The van der Waals surface area contributed by atoms with Crippen LogP contribution in [0.5, 0.6) is 0 Å². The van der Waals surface area contributed by atoms with Crippen molar-refractivity contribution in [1.82, 2.24) is 0 Å². The number of hydrogen-bond donors (Lipinski definition) is 2. The van der Waals surface area contributed by atoms with Crippen LogP contribution < -0.4 is 10.6 Å². The van der Waals surface area contributed by atoms with Gasteiger partial charge in [-0.25, -0.2) is 0 Å². The molecule has 2 aromatic rings. The van der Waals surface area contributed by atoms with Gasteiger partial charge in [0, 0.05) is 18.7 Å². The summed E-state index contributed by atoms with van der Waals surface area (Å²) in [5, 5.41) is 6.76. The highest BCUT2D eigenvalue weighted by Gasteiger charge is 2.05. The van der Waals surface area contributed by atoms with Gasteiger partial charge >= 0.3 is 0 Å². The number of rotatable bonds is 5. The first-order chi connectivity index (χ1) is 10.1. The highest BCUT2D eigenvalue weighted by Crippen LogP contribution is 2.20. The maximum atomic E-state index is 12.0. The number of para-hydroxylation sites is 1. The number of anilines is 2. The number of hydrogen-bond acceptors (Lipinski definition) is 2. The van der Waals surface area contributed by atoms with E-state index in [-0.39, 0.29) is 5.91 Å². The monoisotopic (exact) mass is 302 g/mol. The van der Waals surface area contributed by atoms with Crippen LogP contribution in [0.25, 0.3) is 0 Å². The second kappa shape index (κ2) is 7.14. The molecule has 0 aliphatic carbocycles. The molecular formula is C17H19ClN2O. The van der Waals surface area contributed by atoms with Gasteiger partial charge in [0.15, 0.2) is 0 Å². The Labute approximate surface area is 130 Å². The van der Waals surface area contributed by atoms with Gasteiger partial charge in [0.2, 0.25) is 5.91 Å². The lowest BCUT2D eigenvalue weighted by Crippen LogP contribution is -2.17. The third-order valence-electron chi connectivity index (χ3n) is 3.21. The van der Waals surface area contributed by atoms with Gasteiger partial charge < -0.3 is 10.6 Å². The molecule has 2 aromatic carbocycles. The van der Waals surface area contributed by atoms with E-state index >= 15 is 0 Å². The van der Waals surface area contributed by atoms with Gasteiger partial charge in [0.25, 0.3) is 0 Å². The lowest BCUT2D eigenvalue weighted by atomic mass is 10.1. The normalized spacial score (nSPS) is 10.2. The first-order valence-electron chi connectivity index (χ1n) is 6.92. The standard InChI is InChI=1S/C17H19ClN2O/c1-12-7-8-13(2)16(11-12)20-17(21)9-10-19-15-6-4-3-5-14(15)18/h3-8,11,19H,9-10H2,1-2H3,(H,20,21). The number of halogens is 1. The SMILES string of the molecule is Cc1ccc(C)c(NC(=O)CCNc2ccccc2Cl)c1. The number of carbonyl (C=O) groups excluding carboxylic acids is 1. The van der Waals surface area contributed by atoms with E-state index < -0.39 is 0 Å². The second-order valence-corrected chi connectivity index (χ2v) is 5.43. The van der Waals surface area contributed by atoms with Gasteiger partial charge in [-0.05, 0) is 43.2 Å². The van der Waals surface area contributed by atoms with Crippen molar-refractivity contribution < 1.29 is 4.79 Å². The van der Waals surface area contributed by atoms with E-state index in [9.17, 15) is 4.79 Å². The molecule has 3 nitrogen and oxygen atoms in total. The summed E-state index contributed by atoms with van der Waals surface area (Å²) in [6, 6.07) is 13.5. The Morgan fingerprint density at radius 2 is 1.86 bits per heavy atom. The van der Waals surface area contributed by atoms with Crippen LogP contribution in [0.1, 0.15) is 17.5 Å². The lowest BCUT2D eigenvalue weighted by Gasteiger charge is -2.11. The summed E-state index contributed by atoms with van der Waals surface area (Å²) in [5.74, 6) is -0.0109. The zero-order chi connectivity index (χ0) is 15.2. The number of aryl methyl sites for hydroxylation is 2. The maximum Gasteiger partial charge on any atom is 0.226 e. The highest BCUT2D eigenvalue weighted by atomic mass is 35.5. The summed E-state index contributed by atoms with van der Waals surface area (Å²) >= 11 is 6.04. The zero-order valence-electron chi connectivity index (χ0n) is 12.2. The van der Waals surface area contributed by atoms with Gasteiger partial charge in [0.05, 0.1) is 10.7 Å². The van der Waals surface area contributed by atoms with E-state index in [4.69, 9.17) is 11.6 Å². The molecule has 0 spiro atoms. The summed E-state index contributed by atoms with van der Waals surface area (Å²) in [7, 11) is 0. The van der Waals surface area contributed by atoms with Crippen LogP contribution in [0.3, 0.4) is 0 Å². The molecule has 0 saturated carbocycles. The van der Waals surface area contributed by atoms with Crippen molar-refractivity contribution in [2.75, 3.05) is 17.2 Å². The van der Waals surface area contributed by atoms with E-state index in [0.29, 0.717) is 18.0 Å². The van der Waals surface area contributed by atoms with Crippen LogP contribution in [-0.2, 0) is 4.79 Å². The van der Waals surface area contributed by atoms with Gasteiger partial charge in [-0.2, -0.15) is 0 Å². The molecule has 110 valence electrons. The van der Waals surface area contributed by atoms with Crippen LogP contribution >= 0.6 is 11.6 Å². The molecule has 0 heterocycles. The zero-order valence-corrected chi connectivity index (χ0v) is 13.0. The molecule has 0 aliphatic rings. The van der Waals surface area contributed by atoms with Crippen LogP contribution in [-0.4, -0.2) is 12.5 Å². The topological polar surface area (TPSA) is 41.1 Å². The fraction of sp³-hybridized carbons (Fsp3) is 0.235. The van der Waals surface area contributed by atoms with Crippen molar-refractivity contribution in [2.24, 2.45) is 0 Å². The predicted molar refractivity (Wildman–Crippen MR) is 89.1 cm³/mol. The molecule has 0 aliphatic heterocycles. The highest BCUT2D eigenvalue weighted by molar-refractivity contribution is 6.33. The average Bonchev–Trinajstić information content (AvgIpc) is 2.45. The van der Waals surface area contributed by atoms with Crippen molar-refractivity contribution in [3.05, 3.63) is 58.6 Å². The quantitative estimate of drug-likeness (QED) is 0.859. The Bertz CT molecular complexity index is 640. The molecule has 0 radical (unpaired) electrons. The fourth-order valence-electron chi connectivity index (χ4n) is 2.00. The summed E-state index contributed by atoms with van der Waals surface area (Å²) in [6.45, 7) is 4.53. The molecule has 0 atom stereocenters. The minimum atomic E-state index is -0.0109. The molecule has 1 amide bonds. The maximum absolute atomic E-state index is 12.0. The van der Waals surface area contributed by atoms with Gasteiger partial charge in [0.1, 0.15) is 0 Å².